The van der Waals surface area contributed by atoms with E-state index in [4.69, 9.17) is 9.47 Å². The summed E-state index contributed by atoms with van der Waals surface area (Å²) in [7, 11) is 0. The van der Waals surface area contributed by atoms with Crippen LogP contribution in [0.3, 0.4) is 0 Å². The van der Waals surface area contributed by atoms with E-state index < -0.39 is 0 Å². The summed E-state index contributed by atoms with van der Waals surface area (Å²) >= 11 is 0. The lowest BCUT2D eigenvalue weighted by Gasteiger charge is -2.35. The minimum Gasteiger partial charge on any atom is -0.377 e. The zero-order chi connectivity index (χ0) is 11.3. The molecule has 3 heteroatoms. The second-order valence-corrected chi connectivity index (χ2v) is 4.61. The van der Waals surface area contributed by atoms with E-state index in [-0.39, 0.29) is 0 Å². The predicted molar refractivity (Wildman–Crippen MR) is 62.2 cm³/mol. The van der Waals surface area contributed by atoms with Crippen molar-refractivity contribution >= 4 is 0 Å². The molecular weight excluding hydrogens is 190 g/mol. The van der Waals surface area contributed by atoms with Crippen LogP contribution in [0.4, 0.5) is 0 Å². The average Bonchev–Trinajstić information content (AvgIpc) is 2.16. The van der Waals surface area contributed by atoms with Crippen LogP contribution < -0.4 is 0 Å². The Labute approximate surface area is 93.7 Å². The Morgan fingerprint density at radius 1 is 1.33 bits per heavy atom. The van der Waals surface area contributed by atoms with Crippen molar-refractivity contribution in [2.75, 3.05) is 26.2 Å². The maximum atomic E-state index is 5.68. The van der Waals surface area contributed by atoms with Gasteiger partial charge in [0.2, 0.25) is 0 Å². The molecule has 1 fully saturated rings. The third kappa shape index (κ3) is 4.96. The van der Waals surface area contributed by atoms with Crippen molar-refractivity contribution in [2.45, 2.75) is 52.4 Å². The van der Waals surface area contributed by atoms with E-state index >= 15 is 0 Å². The van der Waals surface area contributed by atoms with E-state index in [0.717, 1.165) is 32.7 Å². The number of hydrogen-bond acceptors (Lipinski definition) is 3. The van der Waals surface area contributed by atoms with Crippen molar-refractivity contribution in [3.05, 3.63) is 0 Å². The van der Waals surface area contributed by atoms with Crippen LogP contribution in [-0.2, 0) is 9.47 Å². The third-order valence-corrected chi connectivity index (χ3v) is 2.88. The molecule has 0 aromatic rings. The number of morpholine rings is 1. The molecule has 0 amide bonds. The third-order valence-electron chi connectivity index (χ3n) is 2.88. The summed E-state index contributed by atoms with van der Waals surface area (Å²) in [6.07, 6.45) is 2.20. The van der Waals surface area contributed by atoms with Crippen molar-refractivity contribution in [3.8, 4) is 0 Å². The molecular formula is C12H25NO2. The van der Waals surface area contributed by atoms with Crippen molar-refractivity contribution in [3.63, 3.8) is 0 Å². The molecule has 0 bridgehead atoms. The SMILES string of the molecule is CCC(C)OCCN1C[C@@H](C)O[C@@H](C)C1. The summed E-state index contributed by atoms with van der Waals surface area (Å²) in [5.74, 6) is 0. The van der Waals surface area contributed by atoms with Gasteiger partial charge in [0.1, 0.15) is 0 Å². The van der Waals surface area contributed by atoms with Gasteiger partial charge in [-0.3, -0.25) is 4.90 Å². The van der Waals surface area contributed by atoms with Crippen molar-refractivity contribution in [2.24, 2.45) is 0 Å². The van der Waals surface area contributed by atoms with Gasteiger partial charge in [-0.05, 0) is 27.2 Å². The molecule has 1 heterocycles. The van der Waals surface area contributed by atoms with Crippen LogP contribution >= 0.6 is 0 Å². The molecule has 0 N–H and O–H groups in total. The Balaban J connectivity index is 2.15. The van der Waals surface area contributed by atoms with E-state index in [1.165, 1.54) is 0 Å². The summed E-state index contributed by atoms with van der Waals surface area (Å²) in [6, 6.07) is 0. The summed E-state index contributed by atoms with van der Waals surface area (Å²) in [5.41, 5.74) is 0. The smallest absolute Gasteiger partial charge is 0.0678 e. The Morgan fingerprint density at radius 3 is 2.47 bits per heavy atom. The van der Waals surface area contributed by atoms with Gasteiger partial charge in [0, 0.05) is 19.6 Å². The second kappa shape index (κ2) is 6.46. The van der Waals surface area contributed by atoms with Gasteiger partial charge < -0.3 is 9.47 Å². The van der Waals surface area contributed by atoms with Gasteiger partial charge >= 0.3 is 0 Å². The molecule has 3 nitrogen and oxygen atoms in total. The van der Waals surface area contributed by atoms with E-state index in [9.17, 15) is 0 Å². The number of nitrogens with zero attached hydrogens (tertiary/aromatic N) is 1. The normalized spacial score (nSPS) is 30.4. The first kappa shape index (κ1) is 12.9. The maximum Gasteiger partial charge on any atom is 0.0678 e. The average molecular weight is 215 g/mol. The van der Waals surface area contributed by atoms with Gasteiger partial charge in [0.15, 0.2) is 0 Å². The molecule has 0 aromatic heterocycles. The largest absolute Gasteiger partial charge is 0.377 e. The second-order valence-electron chi connectivity index (χ2n) is 4.61. The molecule has 0 radical (unpaired) electrons. The van der Waals surface area contributed by atoms with E-state index in [2.05, 4.69) is 32.6 Å². The number of rotatable bonds is 5. The van der Waals surface area contributed by atoms with Crippen LogP contribution in [-0.4, -0.2) is 49.5 Å². The molecule has 1 rings (SSSR count). The molecule has 1 aliphatic rings. The highest BCUT2D eigenvalue weighted by molar-refractivity contribution is 4.72. The highest BCUT2D eigenvalue weighted by atomic mass is 16.5. The summed E-state index contributed by atoms with van der Waals surface area (Å²) in [6.45, 7) is 12.5. The molecule has 0 spiro atoms. The molecule has 0 aliphatic carbocycles. The van der Waals surface area contributed by atoms with Gasteiger partial charge in [-0.15, -0.1) is 0 Å². The summed E-state index contributed by atoms with van der Waals surface area (Å²) in [4.78, 5) is 2.43. The van der Waals surface area contributed by atoms with E-state index in [1.807, 2.05) is 0 Å². The highest BCUT2D eigenvalue weighted by Crippen LogP contribution is 2.10. The van der Waals surface area contributed by atoms with Crippen LogP contribution in [0.1, 0.15) is 34.1 Å². The fraction of sp³-hybridized carbons (Fsp3) is 1.00. The molecule has 90 valence electrons. The zero-order valence-electron chi connectivity index (χ0n) is 10.5. The van der Waals surface area contributed by atoms with Gasteiger partial charge in [-0.1, -0.05) is 6.92 Å². The first-order valence-electron chi connectivity index (χ1n) is 6.11. The minimum absolute atomic E-state index is 0.359. The van der Waals surface area contributed by atoms with Crippen molar-refractivity contribution in [1.82, 2.24) is 4.90 Å². The first-order chi connectivity index (χ1) is 7.11. The van der Waals surface area contributed by atoms with Crippen molar-refractivity contribution < 1.29 is 9.47 Å². The number of hydrogen-bond donors (Lipinski definition) is 0. The highest BCUT2D eigenvalue weighted by Gasteiger charge is 2.21. The molecule has 15 heavy (non-hydrogen) atoms. The van der Waals surface area contributed by atoms with Crippen LogP contribution in [0, 0.1) is 0 Å². The molecule has 0 aromatic carbocycles. The van der Waals surface area contributed by atoms with Gasteiger partial charge in [-0.25, -0.2) is 0 Å². The zero-order valence-corrected chi connectivity index (χ0v) is 10.5. The maximum absolute atomic E-state index is 5.68. The molecule has 1 unspecified atom stereocenters. The van der Waals surface area contributed by atoms with E-state index in [0.29, 0.717) is 18.3 Å². The van der Waals surface area contributed by atoms with E-state index in [1.54, 1.807) is 0 Å². The van der Waals surface area contributed by atoms with Crippen LogP contribution in [0.25, 0.3) is 0 Å². The Hall–Kier alpha value is -0.120. The van der Waals surface area contributed by atoms with Crippen LogP contribution in [0.5, 0.6) is 0 Å². The van der Waals surface area contributed by atoms with Gasteiger partial charge in [-0.2, -0.15) is 0 Å². The fourth-order valence-corrected chi connectivity index (χ4v) is 1.97. The minimum atomic E-state index is 0.359. The molecule has 1 aliphatic heterocycles. The Bertz CT molecular complexity index is 165. The Kier molecular flexibility index (Phi) is 5.58. The fourth-order valence-electron chi connectivity index (χ4n) is 1.97. The van der Waals surface area contributed by atoms with Crippen molar-refractivity contribution in [1.29, 1.82) is 0 Å². The van der Waals surface area contributed by atoms with Gasteiger partial charge in [0.05, 0.1) is 24.9 Å². The lowest BCUT2D eigenvalue weighted by molar-refractivity contribution is -0.0755. The molecule has 1 saturated heterocycles. The number of ether oxygens (including phenoxy) is 2. The molecule has 3 atom stereocenters. The Morgan fingerprint density at radius 2 is 1.93 bits per heavy atom. The predicted octanol–water partition coefficient (Wildman–Crippen LogP) is 1.91. The quantitative estimate of drug-likeness (QED) is 0.699. The topological polar surface area (TPSA) is 21.7 Å². The lowest BCUT2D eigenvalue weighted by atomic mass is 10.2. The standard InChI is InChI=1S/C12H25NO2/c1-5-10(2)14-7-6-13-8-11(3)15-12(4)9-13/h10-12H,5-9H2,1-4H3/t10?,11-,12+. The van der Waals surface area contributed by atoms with Gasteiger partial charge in [0.25, 0.3) is 0 Å². The van der Waals surface area contributed by atoms with Crippen LogP contribution in [0.15, 0.2) is 0 Å². The first-order valence-corrected chi connectivity index (χ1v) is 6.11. The molecule has 0 saturated carbocycles. The van der Waals surface area contributed by atoms with Crippen LogP contribution in [0.2, 0.25) is 0 Å². The lowest BCUT2D eigenvalue weighted by Crippen LogP contribution is -2.46. The summed E-state index contributed by atoms with van der Waals surface area (Å²) in [5, 5.41) is 0. The summed E-state index contributed by atoms with van der Waals surface area (Å²) < 4.78 is 11.4. The monoisotopic (exact) mass is 215 g/mol.